The molecular formula is C37H52N4O7. The lowest BCUT2D eigenvalue weighted by atomic mass is 9.92. The number of ketones is 1. The van der Waals surface area contributed by atoms with Crippen LogP contribution >= 0.6 is 0 Å². The van der Waals surface area contributed by atoms with Crippen molar-refractivity contribution in [2.75, 3.05) is 6.54 Å². The van der Waals surface area contributed by atoms with Gasteiger partial charge in [0, 0.05) is 25.3 Å². The summed E-state index contributed by atoms with van der Waals surface area (Å²) in [4.78, 5) is 73.4. The molecule has 48 heavy (non-hydrogen) atoms. The third-order valence-corrected chi connectivity index (χ3v) is 8.76. The van der Waals surface area contributed by atoms with Crippen molar-refractivity contribution in [1.29, 1.82) is 0 Å². The van der Waals surface area contributed by atoms with Crippen molar-refractivity contribution in [2.24, 2.45) is 11.8 Å². The van der Waals surface area contributed by atoms with Crippen molar-refractivity contribution < 1.29 is 33.5 Å². The lowest BCUT2D eigenvalue weighted by molar-refractivity contribution is -0.169. The molecule has 1 aliphatic heterocycles. The normalized spacial score (nSPS) is 16.4. The first-order valence-electron chi connectivity index (χ1n) is 17.3. The molecule has 0 bridgehead atoms. The Morgan fingerprint density at radius 3 is 2.15 bits per heavy atom. The lowest BCUT2D eigenvalue weighted by Gasteiger charge is -2.44. The smallest absolute Gasteiger partial charge is 0.429 e. The number of ether oxygens (including phenoxy) is 1. The van der Waals surface area contributed by atoms with E-state index in [1.165, 1.54) is 10.0 Å². The van der Waals surface area contributed by atoms with Gasteiger partial charge in [-0.15, -0.1) is 0 Å². The molecule has 0 saturated carbocycles. The largest absolute Gasteiger partial charge is 0.443 e. The third-order valence-electron chi connectivity index (χ3n) is 8.76. The molecular weight excluding hydrogens is 612 g/mol. The Morgan fingerprint density at radius 2 is 1.54 bits per heavy atom. The van der Waals surface area contributed by atoms with E-state index >= 15 is 0 Å². The first-order chi connectivity index (χ1) is 23.2. The maximum absolute atomic E-state index is 14.5. The molecule has 3 rings (SSSR count). The van der Waals surface area contributed by atoms with Crippen molar-refractivity contribution >= 4 is 29.6 Å². The summed E-state index contributed by atoms with van der Waals surface area (Å²) in [7, 11) is 0. The summed E-state index contributed by atoms with van der Waals surface area (Å²) in [5.41, 5.74) is 4.09. The van der Waals surface area contributed by atoms with E-state index in [4.69, 9.17) is 9.57 Å². The number of hydrogen-bond acceptors (Lipinski definition) is 7. The van der Waals surface area contributed by atoms with Gasteiger partial charge in [-0.2, -0.15) is 0 Å². The second kappa shape index (κ2) is 20.2. The fraction of sp³-hybridized carbons (Fsp3) is 0.541. The number of nitrogens with zero attached hydrogens (tertiary/aromatic N) is 2. The summed E-state index contributed by atoms with van der Waals surface area (Å²) in [6.07, 6.45) is 3.48. The molecule has 2 aromatic carbocycles. The monoisotopic (exact) mass is 664 g/mol. The minimum Gasteiger partial charge on any atom is -0.443 e. The zero-order valence-corrected chi connectivity index (χ0v) is 28.8. The summed E-state index contributed by atoms with van der Waals surface area (Å²) < 4.78 is 5.63. The molecule has 4 amide bonds. The van der Waals surface area contributed by atoms with Crippen LogP contribution in [0.3, 0.4) is 0 Å². The molecule has 0 radical (unpaired) electrons. The predicted octanol–water partition coefficient (Wildman–Crippen LogP) is 5.88. The van der Waals surface area contributed by atoms with Gasteiger partial charge in [0.2, 0.25) is 17.7 Å². The van der Waals surface area contributed by atoms with Crippen LogP contribution in [0.1, 0.15) is 96.6 Å². The number of carbonyl (C=O) groups excluding carboxylic acids is 5. The van der Waals surface area contributed by atoms with Crippen LogP contribution in [-0.2, 0) is 42.0 Å². The van der Waals surface area contributed by atoms with Gasteiger partial charge in [0.25, 0.3) is 0 Å². The first-order valence-corrected chi connectivity index (χ1v) is 17.3. The van der Waals surface area contributed by atoms with E-state index in [0.29, 0.717) is 25.7 Å². The molecule has 2 N–H and O–H groups in total. The maximum Gasteiger partial charge on any atom is 0.429 e. The van der Waals surface area contributed by atoms with Gasteiger partial charge < -0.3 is 10.1 Å². The van der Waals surface area contributed by atoms with Gasteiger partial charge in [0.05, 0.1) is 12.6 Å². The van der Waals surface area contributed by atoms with Gasteiger partial charge in [0.15, 0.2) is 5.78 Å². The Balaban J connectivity index is 1.87. The minimum absolute atomic E-state index is 0.0166. The van der Waals surface area contributed by atoms with E-state index in [1.54, 1.807) is 6.92 Å². The fourth-order valence-corrected chi connectivity index (χ4v) is 5.75. The Hall–Kier alpha value is -4.25. The summed E-state index contributed by atoms with van der Waals surface area (Å²) in [5, 5.41) is 5.28. The van der Waals surface area contributed by atoms with E-state index in [0.717, 1.165) is 24.0 Å². The van der Waals surface area contributed by atoms with E-state index in [9.17, 15) is 24.0 Å². The average Bonchev–Trinajstić information content (AvgIpc) is 3.12. The number of rotatable bonds is 18. The molecule has 1 fully saturated rings. The molecule has 0 aliphatic carbocycles. The van der Waals surface area contributed by atoms with Crippen molar-refractivity contribution in [1.82, 2.24) is 20.8 Å². The predicted molar refractivity (Wildman–Crippen MR) is 182 cm³/mol. The molecule has 11 nitrogen and oxygen atoms in total. The van der Waals surface area contributed by atoms with Gasteiger partial charge in [-0.3, -0.25) is 24.0 Å². The van der Waals surface area contributed by atoms with Crippen LogP contribution in [0.5, 0.6) is 0 Å². The molecule has 262 valence electrons. The Kier molecular flexibility index (Phi) is 16.1. The zero-order chi connectivity index (χ0) is 34.9. The maximum atomic E-state index is 14.5. The average molecular weight is 665 g/mol. The summed E-state index contributed by atoms with van der Waals surface area (Å²) >= 11 is 0. The molecule has 2 aromatic rings. The van der Waals surface area contributed by atoms with Crippen molar-refractivity contribution in [3.63, 3.8) is 0 Å². The van der Waals surface area contributed by atoms with Gasteiger partial charge in [-0.1, -0.05) is 114 Å². The highest BCUT2D eigenvalue weighted by atomic mass is 16.6. The van der Waals surface area contributed by atoms with Crippen LogP contribution in [0.2, 0.25) is 0 Å². The van der Waals surface area contributed by atoms with Gasteiger partial charge in [-0.05, 0) is 36.3 Å². The molecule has 1 saturated heterocycles. The van der Waals surface area contributed by atoms with E-state index in [1.807, 2.05) is 81.4 Å². The number of hydrazine groups is 1. The topological polar surface area (TPSA) is 134 Å². The lowest BCUT2D eigenvalue weighted by Crippen LogP contribution is -2.64. The molecule has 1 aliphatic rings. The molecule has 4 atom stereocenters. The third kappa shape index (κ3) is 11.5. The van der Waals surface area contributed by atoms with Gasteiger partial charge in [0.1, 0.15) is 12.6 Å². The molecule has 11 heteroatoms. The number of hydrogen-bond donors (Lipinski definition) is 2. The summed E-state index contributed by atoms with van der Waals surface area (Å²) in [6, 6.07) is 16.7. The van der Waals surface area contributed by atoms with Crippen LogP contribution in [-0.4, -0.2) is 58.2 Å². The quantitative estimate of drug-likeness (QED) is 0.150. The number of benzene rings is 2. The first kappa shape index (κ1) is 38.2. The molecule has 0 spiro atoms. The van der Waals surface area contributed by atoms with Crippen molar-refractivity contribution in [3.05, 3.63) is 71.8 Å². The van der Waals surface area contributed by atoms with Crippen LogP contribution in [0.4, 0.5) is 4.79 Å². The standard InChI is InChI=1S/C37H52N4O7/c1-5-8-11-21-30(24-33(43)39-48-26-29-19-14-10-15-20-29)36(45)41-31(35(44)38-34(27(4)6-2)32(42)7-3)22-16-23-40(41)37(46)47-25-28-17-12-9-13-18-28/h9-10,12-15,17-20,27,30-31,34H,5-8,11,16,21-26H2,1-4H3,(H,38,44)(H,39,43)/t27-,30-,31-,34-/m1/s1. The SMILES string of the molecule is CCCCC[C@H](CC(=O)NOCc1ccccc1)C(=O)N1[C@@H](C(=O)N[C@@H](C(=O)CC)[C@H](C)CC)CCCN1C(=O)OCc1ccccc1. The molecule has 0 unspecified atom stereocenters. The van der Waals surface area contributed by atoms with E-state index in [-0.39, 0.29) is 50.7 Å². The zero-order valence-electron chi connectivity index (χ0n) is 28.8. The second-order valence-corrected chi connectivity index (χ2v) is 12.4. The van der Waals surface area contributed by atoms with Crippen LogP contribution in [0, 0.1) is 11.8 Å². The van der Waals surface area contributed by atoms with Crippen LogP contribution in [0.25, 0.3) is 0 Å². The van der Waals surface area contributed by atoms with Gasteiger partial charge >= 0.3 is 6.09 Å². The fourth-order valence-electron chi connectivity index (χ4n) is 5.75. The number of Topliss-reactive ketones (excluding diaryl/α,β-unsaturated/α-hetero) is 1. The van der Waals surface area contributed by atoms with E-state index in [2.05, 4.69) is 10.8 Å². The number of amides is 4. The van der Waals surface area contributed by atoms with Crippen molar-refractivity contribution in [3.8, 4) is 0 Å². The Bertz CT molecular complexity index is 1320. The highest BCUT2D eigenvalue weighted by Gasteiger charge is 2.44. The summed E-state index contributed by atoms with van der Waals surface area (Å²) in [5.74, 6) is -2.58. The number of nitrogens with one attached hydrogen (secondary N) is 2. The van der Waals surface area contributed by atoms with Crippen molar-refractivity contribution in [2.45, 2.75) is 111 Å². The Labute approximate surface area is 284 Å². The number of hydroxylamine groups is 1. The Morgan fingerprint density at radius 1 is 0.896 bits per heavy atom. The van der Waals surface area contributed by atoms with Crippen LogP contribution in [0.15, 0.2) is 60.7 Å². The minimum atomic E-state index is -1.07. The van der Waals surface area contributed by atoms with Gasteiger partial charge in [-0.25, -0.2) is 20.3 Å². The second-order valence-electron chi connectivity index (χ2n) is 12.4. The van der Waals surface area contributed by atoms with Crippen LogP contribution < -0.4 is 10.8 Å². The number of carbonyl (C=O) groups is 5. The number of unbranched alkanes of at least 4 members (excludes halogenated alkanes) is 2. The highest BCUT2D eigenvalue weighted by Crippen LogP contribution is 2.27. The molecule has 0 aromatic heterocycles. The summed E-state index contributed by atoms with van der Waals surface area (Å²) in [6.45, 7) is 7.93. The van der Waals surface area contributed by atoms with E-state index < -0.39 is 41.8 Å². The molecule has 1 heterocycles. The highest BCUT2D eigenvalue weighted by molar-refractivity contribution is 5.94.